The molecule has 2 heterocycles. The van der Waals surface area contributed by atoms with Crippen LogP contribution >= 0.6 is 0 Å². The van der Waals surface area contributed by atoms with Gasteiger partial charge in [0.25, 0.3) is 0 Å². The minimum atomic E-state index is -3.20. The van der Waals surface area contributed by atoms with Crippen molar-refractivity contribution in [2.45, 2.75) is 24.6 Å². The Labute approximate surface area is 101 Å². The summed E-state index contributed by atoms with van der Waals surface area (Å²) < 4.78 is 25.9. The zero-order valence-electron chi connectivity index (χ0n) is 9.89. The van der Waals surface area contributed by atoms with Gasteiger partial charge in [0.15, 0.2) is 0 Å². The first-order valence-electron chi connectivity index (χ1n) is 5.75. The standard InChI is InChI=1S/C10H18N4O2S/c1-14(8-10-12-6-7-13-10)17(15,16)9-2-4-11-5-3-9/h6-7,9,11H,2-5,8H2,1H3,(H,12,13). The monoisotopic (exact) mass is 258 g/mol. The zero-order valence-corrected chi connectivity index (χ0v) is 10.7. The number of hydrogen-bond acceptors (Lipinski definition) is 4. The number of H-pyrrole nitrogens is 1. The maximum Gasteiger partial charge on any atom is 0.217 e. The summed E-state index contributed by atoms with van der Waals surface area (Å²) in [5.41, 5.74) is 0. The molecule has 1 aromatic rings. The van der Waals surface area contributed by atoms with Gasteiger partial charge in [-0.15, -0.1) is 0 Å². The number of imidazole rings is 1. The molecule has 1 saturated heterocycles. The van der Waals surface area contributed by atoms with Crippen molar-refractivity contribution in [2.75, 3.05) is 20.1 Å². The number of piperidine rings is 1. The lowest BCUT2D eigenvalue weighted by Crippen LogP contribution is -2.42. The normalized spacial score (nSPS) is 18.7. The van der Waals surface area contributed by atoms with E-state index in [9.17, 15) is 8.42 Å². The second kappa shape index (κ2) is 5.16. The van der Waals surface area contributed by atoms with Gasteiger partial charge < -0.3 is 10.3 Å². The van der Waals surface area contributed by atoms with Crippen LogP contribution in [0.1, 0.15) is 18.7 Å². The molecule has 0 radical (unpaired) electrons. The van der Waals surface area contributed by atoms with Gasteiger partial charge >= 0.3 is 0 Å². The van der Waals surface area contributed by atoms with Gasteiger partial charge in [-0.1, -0.05) is 0 Å². The summed E-state index contributed by atoms with van der Waals surface area (Å²) in [5, 5.41) is 2.91. The zero-order chi connectivity index (χ0) is 12.3. The Hall–Kier alpha value is -0.920. The number of sulfonamides is 1. The molecule has 0 saturated carbocycles. The molecule has 6 nitrogen and oxygen atoms in total. The number of aromatic amines is 1. The topological polar surface area (TPSA) is 78.1 Å². The van der Waals surface area contributed by atoms with Gasteiger partial charge in [-0.3, -0.25) is 0 Å². The third-order valence-electron chi connectivity index (χ3n) is 3.07. The van der Waals surface area contributed by atoms with Crippen LogP contribution in [-0.2, 0) is 16.6 Å². The molecule has 0 aliphatic carbocycles. The van der Waals surface area contributed by atoms with Crippen LogP contribution in [0.15, 0.2) is 12.4 Å². The van der Waals surface area contributed by atoms with Crippen molar-refractivity contribution in [2.24, 2.45) is 0 Å². The summed E-state index contributed by atoms with van der Waals surface area (Å²) in [6.45, 7) is 1.86. The number of aromatic nitrogens is 2. The molecule has 0 spiro atoms. The number of rotatable bonds is 4. The van der Waals surface area contributed by atoms with Crippen molar-refractivity contribution in [1.29, 1.82) is 0 Å². The maximum absolute atomic E-state index is 12.3. The van der Waals surface area contributed by atoms with Gasteiger partial charge in [0.05, 0.1) is 11.8 Å². The Bertz CT molecular complexity index is 437. The van der Waals surface area contributed by atoms with Crippen LogP contribution in [0.5, 0.6) is 0 Å². The van der Waals surface area contributed by atoms with E-state index >= 15 is 0 Å². The van der Waals surface area contributed by atoms with Gasteiger partial charge in [0, 0.05) is 19.4 Å². The predicted octanol–water partition coefficient (Wildman–Crippen LogP) is -0.0767. The fourth-order valence-electron chi connectivity index (χ4n) is 2.03. The molecule has 1 aliphatic heterocycles. The Morgan fingerprint density at radius 3 is 2.76 bits per heavy atom. The third kappa shape index (κ3) is 2.85. The predicted molar refractivity (Wildman–Crippen MR) is 64.9 cm³/mol. The van der Waals surface area contributed by atoms with Gasteiger partial charge in [-0.25, -0.2) is 13.4 Å². The van der Waals surface area contributed by atoms with E-state index in [-0.39, 0.29) is 5.25 Å². The summed E-state index contributed by atoms with van der Waals surface area (Å²) in [6, 6.07) is 0. The highest BCUT2D eigenvalue weighted by molar-refractivity contribution is 7.89. The summed E-state index contributed by atoms with van der Waals surface area (Å²) in [5.74, 6) is 0.671. The lowest BCUT2D eigenvalue weighted by Gasteiger charge is -2.27. The number of nitrogens with zero attached hydrogens (tertiary/aromatic N) is 2. The summed E-state index contributed by atoms with van der Waals surface area (Å²) in [4.78, 5) is 6.95. The molecule has 2 N–H and O–H groups in total. The first-order chi connectivity index (χ1) is 8.10. The Balaban J connectivity index is 2.03. The van der Waals surface area contributed by atoms with Crippen LogP contribution in [0.3, 0.4) is 0 Å². The quantitative estimate of drug-likeness (QED) is 0.792. The van der Waals surface area contributed by atoms with Gasteiger partial charge in [-0.2, -0.15) is 4.31 Å². The third-order valence-corrected chi connectivity index (χ3v) is 5.38. The molecule has 2 rings (SSSR count). The SMILES string of the molecule is CN(Cc1ncc[nH]1)S(=O)(=O)C1CCNCC1. The van der Waals surface area contributed by atoms with Crippen molar-refractivity contribution in [1.82, 2.24) is 19.6 Å². The van der Waals surface area contributed by atoms with E-state index in [1.165, 1.54) is 4.31 Å². The van der Waals surface area contributed by atoms with E-state index in [0.717, 1.165) is 13.1 Å². The van der Waals surface area contributed by atoms with Gasteiger partial charge in [-0.05, 0) is 25.9 Å². The second-order valence-electron chi connectivity index (χ2n) is 4.29. The van der Waals surface area contributed by atoms with Crippen LogP contribution in [-0.4, -0.2) is 48.1 Å². The molecule has 1 aromatic heterocycles. The van der Waals surface area contributed by atoms with E-state index in [1.807, 2.05) is 0 Å². The molecule has 7 heteroatoms. The second-order valence-corrected chi connectivity index (χ2v) is 6.61. The summed E-state index contributed by atoms with van der Waals surface area (Å²) in [7, 11) is -1.59. The molecule has 0 amide bonds. The van der Waals surface area contributed by atoms with Gasteiger partial charge in [0.1, 0.15) is 5.82 Å². The Kier molecular flexibility index (Phi) is 3.80. The first-order valence-corrected chi connectivity index (χ1v) is 7.25. The fourth-order valence-corrected chi connectivity index (χ4v) is 3.68. The van der Waals surface area contributed by atoms with Crippen LogP contribution in [0, 0.1) is 0 Å². The molecule has 0 atom stereocenters. The van der Waals surface area contributed by atoms with Crippen LogP contribution in [0.25, 0.3) is 0 Å². The lowest BCUT2D eigenvalue weighted by molar-refractivity contribution is 0.423. The maximum atomic E-state index is 12.3. The molecule has 0 unspecified atom stereocenters. The van der Waals surface area contributed by atoms with E-state index < -0.39 is 10.0 Å². The highest BCUT2D eigenvalue weighted by atomic mass is 32.2. The Morgan fingerprint density at radius 2 is 2.18 bits per heavy atom. The molecule has 0 bridgehead atoms. The van der Waals surface area contributed by atoms with Crippen LogP contribution in [0.2, 0.25) is 0 Å². The van der Waals surface area contributed by atoms with E-state index in [0.29, 0.717) is 25.2 Å². The minimum absolute atomic E-state index is 0.260. The average molecular weight is 258 g/mol. The molecule has 1 fully saturated rings. The first kappa shape index (κ1) is 12.5. The number of hydrogen-bond donors (Lipinski definition) is 2. The van der Waals surface area contributed by atoms with E-state index in [4.69, 9.17) is 0 Å². The molecular formula is C10H18N4O2S. The molecule has 1 aliphatic rings. The van der Waals surface area contributed by atoms with Crippen molar-refractivity contribution in [3.63, 3.8) is 0 Å². The highest BCUT2D eigenvalue weighted by Crippen LogP contribution is 2.17. The summed E-state index contributed by atoms with van der Waals surface area (Å²) >= 11 is 0. The molecule has 0 aromatic carbocycles. The summed E-state index contributed by atoms with van der Waals surface area (Å²) in [6.07, 6.45) is 4.69. The van der Waals surface area contributed by atoms with E-state index in [2.05, 4.69) is 15.3 Å². The van der Waals surface area contributed by atoms with Crippen LogP contribution in [0.4, 0.5) is 0 Å². The molecule has 96 valence electrons. The molecule has 17 heavy (non-hydrogen) atoms. The fraction of sp³-hybridized carbons (Fsp3) is 0.700. The number of nitrogens with one attached hydrogen (secondary N) is 2. The minimum Gasteiger partial charge on any atom is -0.347 e. The smallest absolute Gasteiger partial charge is 0.217 e. The lowest BCUT2D eigenvalue weighted by atomic mass is 10.2. The highest BCUT2D eigenvalue weighted by Gasteiger charge is 2.31. The average Bonchev–Trinajstić information content (AvgIpc) is 2.83. The van der Waals surface area contributed by atoms with Crippen molar-refractivity contribution < 1.29 is 8.42 Å². The van der Waals surface area contributed by atoms with Gasteiger partial charge in [0.2, 0.25) is 10.0 Å². The molecular weight excluding hydrogens is 240 g/mol. The van der Waals surface area contributed by atoms with E-state index in [1.54, 1.807) is 19.4 Å². The Morgan fingerprint density at radius 1 is 1.47 bits per heavy atom. The largest absolute Gasteiger partial charge is 0.347 e. The van der Waals surface area contributed by atoms with Crippen molar-refractivity contribution in [3.05, 3.63) is 18.2 Å². The van der Waals surface area contributed by atoms with Crippen LogP contribution < -0.4 is 5.32 Å². The van der Waals surface area contributed by atoms with Crippen molar-refractivity contribution in [3.8, 4) is 0 Å². The van der Waals surface area contributed by atoms with Crippen molar-refractivity contribution >= 4 is 10.0 Å².